The van der Waals surface area contributed by atoms with Crippen LogP contribution in [0.15, 0.2) is 42.5 Å². The molecule has 0 aliphatic rings. The molecule has 346 valence electrons. The highest BCUT2D eigenvalue weighted by molar-refractivity contribution is 5.71. The number of aromatic nitrogens is 2. The first kappa shape index (κ1) is 52.2. The molecule has 1 N–H and O–H groups in total. The van der Waals surface area contributed by atoms with Crippen LogP contribution in [0.25, 0.3) is 22.5 Å². The fourth-order valence-electron chi connectivity index (χ4n) is 7.98. The Kier molecular flexibility index (Phi) is 25.0. The van der Waals surface area contributed by atoms with Crippen LogP contribution < -0.4 is 18.9 Å². The van der Waals surface area contributed by atoms with E-state index < -0.39 is 0 Å². The van der Waals surface area contributed by atoms with Gasteiger partial charge in [0, 0.05) is 11.1 Å². The van der Waals surface area contributed by atoms with Crippen LogP contribution >= 0.6 is 0 Å². The van der Waals surface area contributed by atoms with Crippen LogP contribution in [-0.2, 0) is 0 Å². The molecule has 1 heterocycles. The third kappa shape index (κ3) is 22.2. The van der Waals surface area contributed by atoms with Crippen LogP contribution in [-0.4, -0.2) is 36.6 Å². The third-order valence-corrected chi connectivity index (χ3v) is 12.5. The Morgan fingerprint density at radius 2 is 0.705 bits per heavy atom. The van der Waals surface area contributed by atoms with Crippen molar-refractivity contribution in [3.05, 3.63) is 42.5 Å². The molecule has 1 aromatic heterocycles. The minimum Gasteiger partial charge on any atom is -0.490 e. The quantitative estimate of drug-likeness (QED) is 0.0649. The van der Waals surface area contributed by atoms with Gasteiger partial charge in [-0.2, -0.15) is 5.10 Å². The fourth-order valence-corrected chi connectivity index (χ4v) is 7.98. The van der Waals surface area contributed by atoms with E-state index in [4.69, 9.17) is 24.0 Å². The van der Waals surface area contributed by atoms with Gasteiger partial charge >= 0.3 is 0 Å². The highest BCUT2D eigenvalue weighted by Gasteiger charge is 2.16. The first-order chi connectivity index (χ1) is 29.2. The fraction of sp³-hybridized carbons (Fsp3) is 0.727. The Morgan fingerprint density at radius 3 is 1.07 bits per heavy atom. The number of aromatic amines is 1. The standard InChI is InChI=1S/C55H92N2O4/c1-40(2)17-13-21-44(9)29-33-58-52-27-25-48(37-54(52)60-35-31-46(11)23-15-19-42(5)6)50-39-51(57-56-50)49-26-28-53(59-34-30-45(10)22-14-18-41(3)4)55(38-49)61-36-32-47(12)24-16-20-43(7)8/h25-28,37-47H,13-24,29-36H2,1-12H3,(H,56,57)/t44-,45-,46-,47-/m1/s1. The molecule has 4 atom stereocenters. The molecule has 0 saturated carbocycles. The van der Waals surface area contributed by atoms with Gasteiger partial charge in [0.05, 0.1) is 37.8 Å². The van der Waals surface area contributed by atoms with Gasteiger partial charge in [0.2, 0.25) is 0 Å². The van der Waals surface area contributed by atoms with Gasteiger partial charge in [-0.25, -0.2) is 0 Å². The molecule has 0 radical (unpaired) electrons. The third-order valence-electron chi connectivity index (χ3n) is 12.5. The van der Waals surface area contributed by atoms with Crippen molar-refractivity contribution >= 4 is 0 Å². The zero-order valence-corrected chi connectivity index (χ0v) is 41.4. The first-order valence-corrected chi connectivity index (χ1v) is 25.0. The van der Waals surface area contributed by atoms with E-state index in [2.05, 4.69) is 131 Å². The summed E-state index contributed by atoms with van der Waals surface area (Å²) >= 11 is 0. The van der Waals surface area contributed by atoms with Crippen LogP contribution in [0.2, 0.25) is 0 Å². The molecule has 0 aliphatic heterocycles. The number of hydrogen-bond donors (Lipinski definition) is 1. The molecule has 0 bridgehead atoms. The molecule has 6 heteroatoms. The van der Waals surface area contributed by atoms with Crippen LogP contribution in [0.4, 0.5) is 0 Å². The van der Waals surface area contributed by atoms with Gasteiger partial charge in [-0.1, -0.05) is 160 Å². The van der Waals surface area contributed by atoms with Gasteiger partial charge in [-0.05, 0) is 115 Å². The van der Waals surface area contributed by atoms with Crippen LogP contribution in [0.5, 0.6) is 23.0 Å². The van der Waals surface area contributed by atoms with Crippen LogP contribution in [0, 0.1) is 47.3 Å². The molecule has 0 unspecified atom stereocenters. The molecule has 0 amide bonds. The number of rotatable bonds is 34. The van der Waals surface area contributed by atoms with Crippen molar-refractivity contribution < 1.29 is 18.9 Å². The van der Waals surface area contributed by atoms with Gasteiger partial charge in [0.25, 0.3) is 0 Å². The summed E-state index contributed by atoms with van der Waals surface area (Å²) in [5, 5.41) is 8.14. The lowest BCUT2D eigenvalue weighted by molar-refractivity contribution is 0.237. The summed E-state index contributed by atoms with van der Waals surface area (Å²) in [5.74, 6) is 8.81. The van der Waals surface area contributed by atoms with E-state index >= 15 is 0 Å². The zero-order valence-electron chi connectivity index (χ0n) is 41.4. The summed E-state index contributed by atoms with van der Waals surface area (Å²) in [4.78, 5) is 0. The molecule has 3 aromatic rings. The van der Waals surface area contributed by atoms with Crippen molar-refractivity contribution in [3.63, 3.8) is 0 Å². The maximum atomic E-state index is 6.54. The highest BCUT2D eigenvalue weighted by atomic mass is 16.5. The van der Waals surface area contributed by atoms with Gasteiger partial charge in [0.15, 0.2) is 23.0 Å². The lowest BCUT2D eigenvalue weighted by atomic mass is 9.97. The van der Waals surface area contributed by atoms with Crippen LogP contribution in [0.1, 0.15) is 186 Å². The van der Waals surface area contributed by atoms with Gasteiger partial charge in [-0.15, -0.1) is 0 Å². The van der Waals surface area contributed by atoms with E-state index in [1.165, 1.54) is 77.0 Å². The molecule has 0 aliphatic carbocycles. The average Bonchev–Trinajstić information content (AvgIpc) is 3.69. The zero-order chi connectivity index (χ0) is 44.6. The predicted molar refractivity (Wildman–Crippen MR) is 261 cm³/mol. The second-order valence-electron chi connectivity index (χ2n) is 20.8. The number of H-pyrrole nitrogens is 1. The molecule has 0 fully saturated rings. The summed E-state index contributed by atoms with van der Waals surface area (Å²) in [5.41, 5.74) is 3.84. The summed E-state index contributed by atoms with van der Waals surface area (Å²) in [6.07, 6.45) is 19.4. The Balaban J connectivity index is 1.76. The molecular formula is C55H92N2O4. The van der Waals surface area contributed by atoms with Crippen molar-refractivity contribution in [2.45, 2.75) is 186 Å². The predicted octanol–water partition coefficient (Wildman–Crippen LogP) is 16.7. The second-order valence-corrected chi connectivity index (χ2v) is 20.8. The number of benzene rings is 2. The van der Waals surface area contributed by atoms with E-state index in [9.17, 15) is 0 Å². The Morgan fingerprint density at radius 1 is 0.377 bits per heavy atom. The highest BCUT2D eigenvalue weighted by Crippen LogP contribution is 2.37. The van der Waals surface area contributed by atoms with Crippen molar-refractivity contribution in [2.75, 3.05) is 26.4 Å². The molecular weight excluding hydrogens is 753 g/mol. The number of hydrogen-bond acceptors (Lipinski definition) is 5. The Hall–Kier alpha value is -3.15. The van der Waals surface area contributed by atoms with Gasteiger partial charge in [0.1, 0.15) is 0 Å². The average molecular weight is 845 g/mol. The maximum Gasteiger partial charge on any atom is 0.161 e. The Labute approximate surface area is 375 Å². The molecule has 0 spiro atoms. The second kappa shape index (κ2) is 29.3. The summed E-state index contributed by atoms with van der Waals surface area (Å²) in [7, 11) is 0. The first-order valence-electron chi connectivity index (χ1n) is 25.0. The van der Waals surface area contributed by atoms with Crippen molar-refractivity contribution in [2.24, 2.45) is 47.3 Å². The molecule has 3 rings (SSSR count). The summed E-state index contributed by atoms with van der Waals surface area (Å²) in [6.45, 7) is 30.6. The summed E-state index contributed by atoms with van der Waals surface area (Å²) in [6, 6.07) is 14.8. The van der Waals surface area contributed by atoms with E-state index in [1.54, 1.807) is 0 Å². The minimum atomic E-state index is 0.624. The number of nitrogens with zero attached hydrogens (tertiary/aromatic N) is 1. The summed E-state index contributed by atoms with van der Waals surface area (Å²) < 4.78 is 25.9. The lowest BCUT2D eigenvalue weighted by Crippen LogP contribution is -2.08. The van der Waals surface area contributed by atoms with Crippen molar-refractivity contribution in [1.82, 2.24) is 10.2 Å². The van der Waals surface area contributed by atoms with Crippen molar-refractivity contribution in [3.8, 4) is 45.5 Å². The normalized spacial score (nSPS) is 13.9. The molecule has 61 heavy (non-hydrogen) atoms. The van der Waals surface area contributed by atoms with Gasteiger partial charge in [-0.3, -0.25) is 5.10 Å². The molecule has 0 saturated heterocycles. The SMILES string of the molecule is CC(C)CCC[C@@H](C)CCOc1ccc(-c2cc(-c3ccc(OCC[C@H](C)CCCC(C)C)c(OCC[C@H](C)CCCC(C)C)c3)[nH]n2)cc1OCC[C@H](C)CCCC(C)C. The smallest absolute Gasteiger partial charge is 0.161 e. The monoisotopic (exact) mass is 845 g/mol. The number of nitrogens with one attached hydrogen (secondary N) is 1. The number of ether oxygens (including phenoxy) is 4. The van der Waals surface area contributed by atoms with E-state index in [0.29, 0.717) is 50.1 Å². The molecule has 6 nitrogen and oxygen atoms in total. The lowest BCUT2D eigenvalue weighted by Gasteiger charge is -2.17. The van der Waals surface area contributed by atoms with E-state index in [0.717, 1.165) is 94.9 Å². The largest absolute Gasteiger partial charge is 0.490 e. The van der Waals surface area contributed by atoms with E-state index in [-0.39, 0.29) is 0 Å². The molecule has 2 aromatic carbocycles. The Bertz CT molecular complexity index is 1460. The van der Waals surface area contributed by atoms with Gasteiger partial charge < -0.3 is 18.9 Å². The van der Waals surface area contributed by atoms with Crippen LogP contribution in [0.3, 0.4) is 0 Å². The topological polar surface area (TPSA) is 65.6 Å². The maximum absolute atomic E-state index is 6.54. The minimum absolute atomic E-state index is 0.624. The van der Waals surface area contributed by atoms with E-state index in [1.807, 2.05) is 0 Å². The van der Waals surface area contributed by atoms with Crippen molar-refractivity contribution in [1.29, 1.82) is 0 Å².